The smallest absolute Gasteiger partial charge is 0.325 e. The average Bonchev–Trinajstić information content (AvgIpc) is 3.00. The van der Waals surface area contributed by atoms with Gasteiger partial charge in [0.1, 0.15) is 5.41 Å². The molecule has 118 valence electrons. The quantitative estimate of drug-likeness (QED) is 0.908. The van der Waals surface area contributed by atoms with E-state index in [0.29, 0.717) is 6.42 Å². The number of rotatable bonds is 4. The number of amides is 1. The van der Waals surface area contributed by atoms with Crippen LogP contribution in [0.2, 0.25) is 0 Å². The highest BCUT2D eigenvalue weighted by Gasteiger charge is 2.38. The maximum atomic E-state index is 12.5. The van der Waals surface area contributed by atoms with Crippen LogP contribution in [0, 0.1) is 0 Å². The highest BCUT2D eigenvalue weighted by atomic mass is 19.4. The van der Waals surface area contributed by atoms with Crippen molar-refractivity contribution in [2.24, 2.45) is 0 Å². The second-order valence-corrected chi connectivity index (χ2v) is 4.95. The number of nitrogens with one attached hydrogen (secondary N) is 2. The Kier molecular flexibility index (Phi) is 4.16. The molecule has 1 aromatic carbocycles. The van der Waals surface area contributed by atoms with Crippen LogP contribution in [-0.2, 0) is 16.4 Å². The van der Waals surface area contributed by atoms with Crippen LogP contribution in [0.15, 0.2) is 24.3 Å². The van der Waals surface area contributed by atoms with Crippen LogP contribution in [0.5, 0.6) is 0 Å². The van der Waals surface area contributed by atoms with Gasteiger partial charge in [0.2, 0.25) is 5.91 Å². The number of nitrogens with zero attached hydrogens (tertiary/aromatic N) is 3. The van der Waals surface area contributed by atoms with E-state index < -0.39 is 23.1 Å². The normalized spacial score (nSPS) is 14.4. The van der Waals surface area contributed by atoms with Crippen molar-refractivity contribution in [1.29, 1.82) is 0 Å². The minimum atomic E-state index is -4.41. The first-order chi connectivity index (χ1) is 10.3. The molecule has 1 amide bonds. The van der Waals surface area contributed by atoms with Crippen LogP contribution < -0.4 is 5.32 Å². The summed E-state index contributed by atoms with van der Waals surface area (Å²) in [6.07, 6.45) is -4.01. The number of carbonyl (C=O) groups is 1. The molecular weight excluding hydrogens is 299 g/mol. The zero-order valence-corrected chi connectivity index (χ0v) is 11.9. The molecule has 2 aromatic rings. The fourth-order valence-corrected chi connectivity index (χ4v) is 1.83. The van der Waals surface area contributed by atoms with Crippen molar-refractivity contribution in [3.05, 3.63) is 35.7 Å². The van der Waals surface area contributed by atoms with Crippen molar-refractivity contribution >= 4 is 11.6 Å². The molecular formula is C13H14F3N5O. The molecule has 0 aliphatic heterocycles. The van der Waals surface area contributed by atoms with Gasteiger partial charge >= 0.3 is 6.18 Å². The average molecular weight is 313 g/mol. The number of H-pyrrole nitrogens is 1. The second-order valence-electron chi connectivity index (χ2n) is 4.95. The van der Waals surface area contributed by atoms with Crippen molar-refractivity contribution in [2.75, 3.05) is 5.32 Å². The summed E-state index contributed by atoms with van der Waals surface area (Å²) in [6.45, 7) is 3.42. The number of aromatic nitrogens is 4. The molecule has 1 atom stereocenters. The standard InChI is InChI=1S/C13H14F3N5O/c1-3-12(2,10-18-20-21-19-10)11(22)17-9-6-4-8(5-7-9)13(14,15)16/h4-7H,3H2,1-2H3,(H,17,22)(H,18,19,20,21). The highest BCUT2D eigenvalue weighted by Crippen LogP contribution is 2.30. The predicted molar refractivity (Wildman–Crippen MR) is 71.9 cm³/mol. The summed E-state index contributed by atoms with van der Waals surface area (Å²) in [5.74, 6) is -0.199. The molecule has 9 heteroatoms. The third kappa shape index (κ3) is 3.07. The second kappa shape index (κ2) is 5.74. The number of aromatic amines is 1. The van der Waals surface area contributed by atoms with E-state index >= 15 is 0 Å². The van der Waals surface area contributed by atoms with E-state index in [1.54, 1.807) is 13.8 Å². The Morgan fingerprint density at radius 3 is 2.36 bits per heavy atom. The summed E-state index contributed by atoms with van der Waals surface area (Å²) in [5, 5.41) is 15.9. The Labute approximate surface area is 124 Å². The van der Waals surface area contributed by atoms with Gasteiger partial charge in [0.15, 0.2) is 5.82 Å². The van der Waals surface area contributed by atoms with Gasteiger partial charge in [-0.2, -0.15) is 18.4 Å². The lowest BCUT2D eigenvalue weighted by Crippen LogP contribution is -2.38. The number of carbonyl (C=O) groups excluding carboxylic acids is 1. The van der Waals surface area contributed by atoms with E-state index in [1.165, 1.54) is 12.1 Å². The third-order valence-corrected chi connectivity index (χ3v) is 3.52. The Bertz CT molecular complexity index is 639. The lowest BCUT2D eigenvalue weighted by Gasteiger charge is -2.23. The van der Waals surface area contributed by atoms with Gasteiger partial charge in [-0.15, -0.1) is 10.2 Å². The first-order valence-electron chi connectivity index (χ1n) is 6.50. The maximum absolute atomic E-state index is 12.5. The molecule has 2 N–H and O–H groups in total. The Morgan fingerprint density at radius 2 is 1.91 bits per heavy atom. The third-order valence-electron chi connectivity index (χ3n) is 3.52. The van der Waals surface area contributed by atoms with Gasteiger partial charge in [-0.3, -0.25) is 4.79 Å². The van der Waals surface area contributed by atoms with Crippen molar-refractivity contribution in [1.82, 2.24) is 20.6 Å². The Hall–Kier alpha value is -2.45. The molecule has 0 spiro atoms. The largest absolute Gasteiger partial charge is 0.416 e. The predicted octanol–water partition coefficient (Wildman–Crippen LogP) is 2.52. The molecule has 0 aliphatic carbocycles. The minimum Gasteiger partial charge on any atom is -0.325 e. The molecule has 0 aliphatic rings. The first-order valence-corrected chi connectivity index (χ1v) is 6.50. The molecule has 0 saturated heterocycles. The van der Waals surface area contributed by atoms with E-state index in [0.717, 1.165) is 12.1 Å². The van der Waals surface area contributed by atoms with Crippen molar-refractivity contribution in [2.45, 2.75) is 31.9 Å². The van der Waals surface area contributed by atoms with Crippen molar-refractivity contribution in [3.63, 3.8) is 0 Å². The molecule has 2 rings (SSSR count). The number of hydrogen-bond acceptors (Lipinski definition) is 4. The summed E-state index contributed by atoms with van der Waals surface area (Å²) in [6, 6.07) is 4.22. The summed E-state index contributed by atoms with van der Waals surface area (Å²) in [5.41, 5.74) is -1.54. The highest BCUT2D eigenvalue weighted by molar-refractivity contribution is 5.98. The molecule has 0 radical (unpaired) electrons. The van der Waals surface area contributed by atoms with Gasteiger partial charge in [-0.1, -0.05) is 12.1 Å². The van der Waals surface area contributed by atoms with Crippen LogP contribution in [0.25, 0.3) is 0 Å². The Morgan fingerprint density at radius 1 is 1.27 bits per heavy atom. The lowest BCUT2D eigenvalue weighted by molar-refractivity contribution is -0.137. The maximum Gasteiger partial charge on any atom is 0.416 e. The van der Waals surface area contributed by atoms with Crippen molar-refractivity contribution in [3.8, 4) is 0 Å². The van der Waals surface area contributed by atoms with Gasteiger partial charge in [0, 0.05) is 5.69 Å². The molecule has 1 aromatic heterocycles. The number of alkyl halides is 3. The van der Waals surface area contributed by atoms with E-state index in [2.05, 4.69) is 25.9 Å². The minimum absolute atomic E-state index is 0.222. The van der Waals surface area contributed by atoms with E-state index in [9.17, 15) is 18.0 Å². The van der Waals surface area contributed by atoms with Gasteiger partial charge in [-0.05, 0) is 37.6 Å². The molecule has 0 saturated carbocycles. The number of anilines is 1. The zero-order chi connectivity index (χ0) is 16.4. The molecule has 6 nitrogen and oxygen atoms in total. The monoisotopic (exact) mass is 313 g/mol. The number of halogens is 3. The zero-order valence-electron chi connectivity index (χ0n) is 11.9. The number of benzene rings is 1. The van der Waals surface area contributed by atoms with Gasteiger partial charge in [0.05, 0.1) is 5.56 Å². The fourth-order valence-electron chi connectivity index (χ4n) is 1.83. The van der Waals surface area contributed by atoms with Gasteiger partial charge in [-0.25, -0.2) is 0 Å². The van der Waals surface area contributed by atoms with Crippen LogP contribution >= 0.6 is 0 Å². The SMILES string of the molecule is CCC(C)(C(=O)Nc1ccc(C(F)(F)F)cc1)c1nn[nH]n1. The van der Waals surface area contributed by atoms with Crippen LogP contribution in [-0.4, -0.2) is 26.5 Å². The first kappa shape index (κ1) is 15.9. The summed E-state index contributed by atoms with van der Waals surface area (Å²) in [7, 11) is 0. The molecule has 0 bridgehead atoms. The number of hydrogen-bond donors (Lipinski definition) is 2. The topological polar surface area (TPSA) is 83.6 Å². The number of tetrazole rings is 1. The molecule has 22 heavy (non-hydrogen) atoms. The van der Waals surface area contributed by atoms with E-state index in [-0.39, 0.29) is 11.5 Å². The molecule has 1 heterocycles. The van der Waals surface area contributed by atoms with Crippen LogP contribution in [0.3, 0.4) is 0 Å². The van der Waals surface area contributed by atoms with E-state index in [1.807, 2.05) is 0 Å². The summed E-state index contributed by atoms with van der Waals surface area (Å²) < 4.78 is 37.5. The summed E-state index contributed by atoms with van der Waals surface area (Å²) >= 11 is 0. The van der Waals surface area contributed by atoms with Crippen molar-refractivity contribution < 1.29 is 18.0 Å². The van der Waals surface area contributed by atoms with Gasteiger partial charge in [0.25, 0.3) is 0 Å². The van der Waals surface area contributed by atoms with Gasteiger partial charge < -0.3 is 5.32 Å². The summed E-state index contributed by atoms with van der Waals surface area (Å²) in [4.78, 5) is 12.4. The molecule has 1 unspecified atom stereocenters. The van der Waals surface area contributed by atoms with Crippen LogP contribution in [0.1, 0.15) is 31.7 Å². The lowest BCUT2D eigenvalue weighted by atomic mass is 9.85. The fraction of sp³-hybridized carbons (Fsp3) is 0.385. The van der Waals surface area contributed by atoms with E-state index in [4.69, 9.17) is 0 Å². The van der Waals surface area contributed by atoms with Crippen LogP contribution in [0.4, 0.5) is 18.9 Å². The molecule has 0 fully saturated rings. The Balaban J connectivity index is 2.18.